The molecule has 3 nitrogen and oxygen atoms in total. The van der Waals surface area contributed by atoms with E-state index in [4.69, 9.17) is 0 Å². The number of hydrogen-bond donors (Lipinski definition) is 2. The first-order valence-corrected chi connectivity index (χ1v) is 8.74. The van der Waals surface area contributed by atoms with Crippen molar-refractivity contribution in [3.05, 3.63) is 33.8 Å². The lowest BCUT2D eigenvalue weighted by Crippen LogP contribution is -2.36. The molecule has 1 amide bonds. The van der Waals surface area contributed by atoms with Crippen molar-refractivity contribution in [3.63, 3.8) is 0 Å². The third-order valence-corrected chi connectivity index (χ3v) is 5.01. The molecule has 0 aliphatic heterocycles. The summed E-state index contributed by atoms with van der Waals surface area (Å²) in [4.78, 5) is 12.1. The third kappa shape index (κ3) is 5.44. The molecule has 2 rings (SSSR count). The lowest BCUT2D eigenvalue weighted by Gasteiger charge is -2.16. The molecule has 1 aliphatic rings. The van der Waals surface area contributed by atoms with Crippen LogP contribution in [0.4, 0.5) is 0 Å². The summed E-state index contributed by atoms with van der Waals surface area (Å²) in [6, 6.07) is 6.33. The van der Waals surface area contributed by atoms with Crippen LogP contribution in [0.2, 0.25) is 0 Å². The molecule has 2 N–H and O–H groups in total. The summed E-state index contributed by atoms with van der Waals surface area (Å²) >= 11 is 3.45. The zero-order chi connectivity index (χ0) is 15.1. The van der Waals surface area contributed by atoms with Crippen molar-refractivity contribution in [2.24, 2.45) is 0 Å². The van der Waals surface area contributed by atoms with Crippen molar-refractivity contribution in [2.45, 2.75) is 51.5 Å². The average Bonchev–Trinajstić information content (AvgIpc) is 2.75. The molecular formula is C17H25BrN2O. The van der Waals surface area contributed by atoms with Crippen LogP contribution in [0.1, 0.15) is 54.4 Å². The Morgan fingerprint density at radius 2 is 1.90 bits per heavy atom. The van der Waals surface area contributed by atoms with Crippen LogP contribution in [0.15, 0.2) is 22.7 Å². The van der Waals surface area contributed by atoms with Crippen LogP contribution in [0, 0.1) is 6.92 Å². The smallest absolute Gasteiger partial charge is 0.251 e. The molecule has 0 heterocycles. The summed E-state index contributed by atoms with van der Waals surface area (Å²) in [7, 11) is 0. The minimum atomic E-state index is 0.00765. The van der Waals surface area contributed by atoms with Gasteiger partial charge in [-0.15, -0.1) is 0 Å². The summed E-state index contributed by atoms with van der Waals surface area (Å²) in [6.07, 6.45) is 7.97. The van der Waals surface area contributed by atoms with E-state index in [1.165, 1.54) is 38.5 Å². The summed E-state index contributed by atoms with van der Waals surface area (Å²) < 4.78 is 1.04. The normalized spacial score (nSPS) is 16.5. The number of amides is 1. The molecule has 0 unspecified atom stereocenters. The second kappa shape index (κ2) is 8.54. The van der Waals surface area contributed by atoms with Gasteiger partial charge in [-0.1, -0.05) is 41.6 Å². The van der Waals surface area contributed by atoms with E-state index in [0.717, 1.165) is 22.1 Å². The van der Waals surface area contributed by atoms with Gasteiger partial charge in [-0.3, -0.25) is 4.79 Å². The van der Waals surface area contributed by atoms with E-state index in [0.29, 0.717) is 12.6 Å². The fraction of sp³-hybridized carbons (Fsp3) is 0.588. The topological polar surface area (TPSA) is 41.1 Å². The molecule has 1 aliphatic carbocycles. The number of aryl methyl sites for hydroxylation is 1. The number of nitrogens with one attached hydrogen (secondary N) is 2. The first-order chi connectivity index (χ1) is 10.2. The molecule has 21 heavy (non-hydrogen) atoms. The van der Waals surface area contributed by atoms with Crippen LogP contribution in [-0.2, 0) is 0 Å². The molecule has 0 saturated heterocycles. The predicted molar refractivity (Wildman–Crippen MR) is 90.7 cm³/mol. The van der Waals surface area contributed by atoms with Crippen molar-refractivity contribution >= 4 is 21.8 Å². The fourth-order valence-corrected chi connectivity index (χ4v) is 3.07. The second-order valence-corrected chi connectivity index (χ2v) is 6.72. The van der Waals surface area contributed by atoms with E-state index in [1.54, 1.807) is 0 Å². The summed E-state index contributed by atoms with van der Waals surface area (Å²) in [5.41, 5.74) is 1.81. The van der Waals surface area contributed by atoms with Gasteiger partial charge in [0, 0.05) is 29.2 Å². The Morgan fingerprint density at radius 3 is 2.57 bits per heavy atom. The minimum Gasteiger partial charge on any atom is -0.351 e. The van der Waals surface area contributed by atoms with E-state index in [-0.39, 0.29) is 5.91 Å². The molecule has 1 saturated carbocycles. The highest BCUT2D eigenvalue weighted by molar-refractivity contribution is 9.10. The fourth-order valence-electron chi connectivity index (χ4n) is 2.82. The zero-order valence-electron chi connectivity index (χ0n) is 12.8. The quantitative estimate of drug-likeness (QED) is 0.625. The molecule has 0 bridgehead atoms. The van der Waals surface area contributed by atoms with Crippen molar-refractivity contribution in [3.8, 4) is 0 Å². The zero-order valence-corrected chi connectivity index (χ0v) is 14.3. The summed E-state index contributed by atoms with van der Waals surface area (Å²) in [5.74, 6) is 0.00765. The SMILES string of the molecule is Cc1cc(C(=O)NCCNC2CCCCCC2)ccc1Br. The van der Waals surface area contributed by atoms with Gasteiger partial charge in [-0.05, 0) is 43.5 Å². The van der Waals surface area contributed by atoms with E-state index in [9.17, 15) is 4.79 Å². The number of rotatable bonds is 5. The van der Waals surface area contributed by atoms with Crippen molar-refractivity contribution in [1.82, 2.24) is 10.6 Å². The highest BCUT2D eigenvalue weighted by Gasteiger charge is 2.11. The van der Waals surface area contributed by atoms with Gasteiger partial charge in [-0.25, -0.2) is 0 Å². The molecule has 0 atom stereocenters. The van der Waals surface area contributed by atoms with Gasteiger partial charge >= 0.3 is 0 Å². The Balaban J connectivity index is 1.70. The lowest BCUT2D eigenvalue weighted by molar-refractivity contribution is 0.0953. The Hall–Kier alpha value is -0.870. The predicted octanol–water partition coefficient (Wildman–Crippen LogP) is 3.80. The van der Waals surface area contributed by atoms with Crippen LogP contribution >= 0.6 is 15.9 Å². The van der Waals surface area contributed by atoms with Crippen molar-refractivity contribution in [2.75, 3.05) is 13.1 Å². The first kappa shape index (κ1) is 16.5. The minimum absolute atomic E-state index is 0.00765. The average molecular weight is 353 g/mol. The molecule has 0 aromatic heterocycles. The molecule has 0 radical (unpaired) electrons. The van der Waals surface area contributed by atoms with Crippen molar-refractivity contribution in [1.29, 1.82) is 0 Å². The second-order valence-electron chi connectivity index (χ2n) is 5.86. The largest absolute Gasteiger partial charge is 0.351 e. The highest BCUT2D eigenvalue weighted by Crippen LogP contribution is 2.17. The van der Waals surface area contributed by atoms with Crippen LogP contribution in [0.25, 0.3) is 0 Å². The molecule has 1 aromatic carbocycles. The Kier molecular flexibility index (Phi) is 6.71. The van der Waals surface area contributed by atoms with E-state index >= 15 is 0 Å². The molecule has 0 spiro atoms. The molecule has 1 aromatic rings. The van der Waals surface area contributed by atoms with Crippen LogP contribution in [0.5, 0.6) is 0 Å². The monoisotopic (exact) mass is 352 g/mol. The van der Waals surface area contributed by atoms with Gasteiger partial charge in [0.05, 0.1) is 0 Å². The van der Waals surface area contributed by atoms with Gasteiger partial charge in [0.25, 0.3) is 5.91 Å². The number of hydrogen-bond acceptors (Lipinski definition) is 2. The number of halogens is 1. The van der Waals surface area contributed by atoms with Gasteiger partial charge in [0.1, 0.15) is 0 Å². The highest BCUT2D eigenvalue weighted by atomic mass is 79.9. The van der Waals surface area contributed by atoms with Crippen LogP contribution < -0.4 is 10.6 Å². The Bertz CT molecular complexity index is 468. The van der Waals surface area contributed by atoms with Crippen LogP contribution in [0.3, 0.4) is 0 Å². The van der Waals surface area contributed by atoms with Crippen molar-refractivity contribution < 1.29 is 4.79 Å². The molecule has 116 valence electrons. The first-order valence-electron chi connectivity index (χ1n) is 7.94. The maximum absolute atomic E-state index is 12.1. The lowest BCUT2D eigenvalue weighted by atomic mass is 10.1. The van der Waals surface area contributed by atoms with Gasteiger partial charge < -0.3 is 10.6 Å². The summed E-state index contributed by atoms with van der Waals surface area (Å²) in [6.45, 7) is 3.53. The summed E-state index contributed by atoms with van der Waals surface area (Å²) in [5, 5.41) is 6.55. The standard InChI is InChI=1S/C17H25BrN2O/c1-13-12-14(8-9-16(13)18)17(21)20-11-10-19-15-6-4-2-3-5-7-15/h8-9,12,15,19H,2-7,10-11H2,1H3,(H,20,21). The molecular weight excluding hydrogens is 328 g/mol. The van der Waals surface area contributed by atoms with E-state index < -0.39 is 0 Å². The Morgan fingerprint density at radius 1 is 1.19 bits per heavy atom. The van der Waals surface area contributed by atoms with Gasteiger partial charge in [0.2, 0.25) is 0 Å². The maximum Gasteiger partial charge on any atom is 0.251 e. The maximum atomic E-state index is 12.1. The van der Waals surface area contributed by atoms with Gasteiger partial charge in [0.15, 0.2) is 0 Å². The van der Waals surface area contributed by atoms with E-state index in [1.807, 2.05) is 25.1 Å². The number of carbonyl (C=O) groups excluding carboxylic acids is 1. The number of benzene rings is 1. The van der Waals surface area contributed by atoms with Crippen LogP contribution in [-0.4, -0.2) is 25.0 Å². The molecule has 4 heteroatoms. The Labute approximate surface area is 136 Å². The molecule has 1 fully saturated rings. The van der Waals surface area contributed by atoms with Gasteiger partial charge in [-0.2, -0.15) is 0 Å². The van der Waals surface area contributed by atoms with E-state index in [2.05, 4.69) is 26.6 Å². The third-order valence-electron chi connectivity index (χ3n) is 4.12. The number of carbonyl (C=O) groups is 1.